The van der Waals surface area contributed by atoms with E-state index >= 15 is 0 Å². The molecule has 0 aromatic heterocycles. The minimum Gasteiger partial charge on any atom is -0.481 e. The Kier molecular flexibility index (Phi) is 24.9. The van der Waals surface area contributed by atoms with Crippen molar-refractivity contribution in [2.45, 2.75) is 87.5 Å². The van der Waals surface area contributed by atoms with Crippen LogP contribution < -0.4 is 58.7 Å². The molecule has 0 aliphatic rings. The van der Waals surface area contributed by atoms with E-state index in [-0.39, 0.29) is 57.1 Å². The fourth-order valence-corrected chi connectivity index (χ4v) is 7.44. The summed E-state index contributed by atoms with van der Waals surface area (Å²) in [6.45, 7) is 1.64. The predicted octanol–water partition coefficient (Wildman–Crippen LogP) is -1.85. The highest BCUT2D eigenvalue weighted by atomic mass is 33.1. The van der Waals surface area contributed by atoms with Crippen LogP contribution in [0.1, 0.15) is 51.5 Å². The first-order valence-corrected chi connectivity index (χ1v) is 22.6. The fraction of sp³-hybridized carbons (Fsp3) is 0.450. The molecule has 0 radical (unpaired) electrons. The second-order valence-electron chi connectivity index (χ2n) is 14.1. The lowest BCUT2D eigenvalue weighted by atomic mass is 10.1. The van der Waals surface area contributed by atoms with E-state index in [0.29, 0.717) is 16.2 Å². The summed E-state index contributed by atoms with van der Waals surface area (Å²) in [5, 5.41) is 53.6. The molecule has 2 rings (SSSR count). The number of nitrogens with two attached hydrogens (primary N) is 2. The van der Waals surface area contributed by atoms with Gasteiger partial charge in [0.2, 0.25) is 35.4 Å². The van der Waals surface area contributed by atoms with Gasteiger partial charge < -0.3 is 69.0 Å². The molecular formula is C40H58N12O11S2. The first-order chi connectivity index (χ1) is 30.9. The molecule has 5 atom stereocenters. The Labute approximate surface area is 383 Å². The molecule has 0 fully saturated rings. The number of hydrogen-bond donors (Lipinski definition) is 14. The second kappa shape index (κ2) is 29.7. The summed E-state index contributed by atoms with van der Waals surface area (Å²) in [4.78, 5) is 105. The van der Waals surface area contributed by atoms with Crippen LogP contribution in [-0.4, -0.2) is 132 Å². The summed E-state index contributed by atoms with van der Waals surface area (Å²) in [7, 11) is 2.97. The number of ether oxygens (including phenoxy) is 1. The smallest absolute Gasteiger partial charge is 0.334 e. The molecule has 356 valence electrons. The van der Waals surface area contributed by atoms with Crippen LogP contribution >= 0.6 is 21.6 Å². The number of para-hydroxylation sites is 1. The summed E-state index contributed by atoms with van der Waals surface area (Å²) < 4.78 is 5.72. The number of guanidine groups is 2. The standard InChI is InChI=1S/C40H58N12O11S2/c1-3-64-65-31-16-8-7-15-30(31)63-38(62)28(19-24-11-5-4-6-12-24)49-32(55)21-47-34(58)29(22-53)52-36(60)26(14-10-18-46-40(43)44)50-37(61)27(20-33(56)57)51-35(59)25(48-23(2)54)13-9-17-45-39(41)42/h4-8,11-12,15-16,25-29,53H,3,9-10,13-14,17-22H2,1-2H3,(H,47,58)(H,48,54)(H,49,55)(H,50,61)(H,51,59)(H,52,60)(H,56,57)(H4,41,42,45)(H4,43,44,46)/t25-,26-,27?,28?,29-/m0/s1. The van der Waals surface area contributed by atoms with Crippen LogP contribution in [0.4, 0.5) is 0 Å². The maximum Gasteiger partial charge on any atom is 0.334 e. The van der Waals surface area contributed by atoms with Crippen LogP contribution in [-0.2, 0) is 44.8 Å². The fourth-order valence-electron chi connectivity index (χ4n) is 5.72. The zero-order valence-electron chi connectivity index (χ0n) is 35.9. The topological polar surface area (TPSA) is 382 Å². The number of esters is 1. The Bertz CT molecular complexity index is 1960. The van der Waals surface area contributed by atoms with Crippen molar-refractivity contribution in [3.8, 4) is 5.75 Å². The number of carboxylic acid groups (broad SMARTS) is 1. The number of rotatable bonds is 29. The molecule has 65 heavy (non-hydrogen) atoms. The zero-order chi connectivity index (χ0) is 48.3. The number of aliphatic hydroxyl groups is 1. The average Bonchev–Trinajstić information content (AvgIpc) is 3.25. The van der Waals surface area contributed by atoms with Crippen molar-refractivity contribution in [2.75, 3.05) is 32.0 Å². The number of aliphatic hydroxyl groups excluding tert-OH is 1. The molecule has 23 nitrogen and oxygen atoms in total. The third-order valence-corrected chi connectivity index (χ3v) is 11.2. The number of nitrogens with one attached hydrogen (secondary N) is 10. The van der Waals surface area contributed by atoms with Crippen LogP contribution in [0.3, 0.4) is 0 Å². The SMILES string of the molecule is CCSSc1ccccc1OC(=O)C(Cc1ccccc1)NC(=O)CNC(=O)[C@H](CO)NC(=O)[C@H](CCCNC(=N)N)NC(=O)C(CC(=O)O)NC(=O)[C@H](CCCNC(=N)N)NC(C)=O. The molecule has 0 aliphatic heterocycles. The first-order valence-electron chi connectivity index (χ1n) is 20.3. The molecule has 0 heterocycles. The summed E-state index contributed by atoms with van der Waals surface area (Å²) in [5.41, 5.74) is 11.3. The molecule has 0 spiro atoms. The Balaban J connectivity index is 2.20. The molecule has 0 aliphatic carbocycles. The quantitative estimate of drug-likeness (QED) is 0.0106. The average molecular weight is 947 g/mol. The maximum absolute atomic E-state index is 13.6. The normalized spacial score (nSPS) is 12.9. The molecule has 16 N–H and O–H groups in total. The van der Waals surface area contributed by atoms with Crippen LogP contribution in [0.5, 0.6) is 5.75 Å². The van der Waals surface area contributed by atoms with Gasteiger partial charge in [-0.3, -0.25) is 44.4 Å². The summed E-state index contributed by atoms with van der Waals surface area (Å²) in [5.74, 6) is -7.43. The van der Waals surface area contributed by atoms with Crippen molar-refractivity contribution in [3.05, 3.63) is 60.2 Å². The highest BCUT2D eigenvalue weighted by molar-refractivity contribution is 8.76. The molecule has 0 saturated heterocycles. The lowest BCUT2D eigenvalue weighted by molar-refractivity contribution is -0.141. The molecular weight excluding hydrogens is 889 g/mol. The van der Waals surface area contributed by atoms with E-state index < -0.39 is 97.2 Å². The first kappa shape index (κ1) is 54.5. The molecule has 6 amide bonds. The predicted molar refractivity (Wildman–Crippen MR) is 242 cm³/mol. The van der Waals surface area contributed by atoms with Crippen LogP contribution in [0, 0.1) is 10.8 Å². The number of hydrogen-bond acceptors (Lipinski definition) is 14. The second-order valence-corrected chi connectivity index (χ2v) is 16.7. The van der Waals surface area contributed by atoms with E-state index in [1.54, 1.807) is 65.4 Å². The third-order valence-electron chi connectivity index (χ3n) is 8.78. The molecule has 2 unspecified atom stereocenters. The van der Waals surface area contributed by atoms with Gasteiger partial charge in [-0.25, -0.2) is 4.79 Å². The third kappa shape index (κ3) is 22.0. The van der Waals surface area contributed by atoms with Crippen LogP contribution in [0.25, 0.3) is 0 Å². The minimum absolute atomic E-state index is 0.00124. The van der Waals surface area contributed by atoms with Crippen molar-refractivity contribution in [1.29, 1.82) is 10.8 Å². The lowest BCUT2D eigenvalue weighted by Gasteiger charge is -2.26. The highest BCUT2D eigenvalue weighted by Crippen LogP contribution is 2.37. The highest BCUT2D eigenvalue weighted by Gasteiger charge is 2.33. The van der Waals surface area contributed by atoms with Gasteiger partial charge in [0.05, 0.1) is 24.5 Å². The van der Waals surface area contributed by atoms with Crippen LogP contribution in [0.15, 0.2) is 59.5 Å². The molecule has 25 heteroatoms. The summed E-state index contributed by atoms with van der Waals surface area (Å²) in [6.07, 6.45) is -0.792. The van der Waals surface area contributed by atoms with Gasteiger partial charge in [-0.2, -0.15) is 0 Å². The van der Waals surface area contributed by atoms with Crippen molar-refractivity contribution >= 4 is 80.9 Å². The number of carbonyl (C=O) groups excluding carboxylic acids is 7. The van der Waals surface area contributed by atoms with Crippen LogP contribution in [0.2, 0.25) is 0 Å². The largest absolute Gasteiger partial charge is 0.481 e. The Hall–Kier alpha value is -6.60. The van der Waals surface area contributed by atoms with E-state index in [2.05, 4.69) is 42.5 Å². The van der Waals surface area contributed by atoms with E-state index in [0.717, 1.165) is 12.7 Å². The van der Waals surface area contributed by atoms with Crippen molar-refractivity contribution < 1.29 is 53.3 Å². The van der Waals surface area contributed by atoms with E-state index in [4.69, 9.17) is 27.0 Å². The van der Waals surface area contributed by atoms with Gasteiger partial charge in [0, 0.05) is 32.2 Å². The van der Waals surface area contributed by atoms with E-state index in [1.165, 1.54) is 10.8 Å². The van der Waals surface area contributed by atoms with Crippen molar-refractivity contribution in [3.63, 3.8) is 0 Å². The maximum atomic E-state index is 13.6. The van der Waals surface area contributed by atoms with Gasteiger partial charge in [-0.1, -0.05) is 71.0 Å². The molecule has 0 saturated carbocycles. The Morgan fingerprint density at radius 2 is 1.23 bits per heavy atom. The number of carboxylic acids is 1. The molecule has 2 aromatic rings. The Morgan fingerprint density at radius 3 is 1.78 bits per heavy atom. The van der Waals surface area contributed by atoms with Gasteiger partial charge in [0.15, 0.2) is 11.9 Å². The number of carbonyl (C=O) groups is 8. The van der Waals surface area contributed by atoms with E-state index in [1.807, 2.05) is 6.92 Å². The zero-order valence-corrected chi connectivity index (χ0v) is 37.5. The van der Waals surface area contributed by atoms with E-state index in [9.17, 15) is 48.6 Å². The summed E-state index contributed by atoms with van der Waals surface area (Å²) in [6, 6.07) is 8.31. The van der Waals surface area contributed by atoms with Gasteiger partial charge in [0.1, 0.15) is 36.0 Å². The Morgan fingerprint density at radius 1 is 0.692 bits per heavy atom. The van der Waals surface area contributed by atoms with Gasteiger partial charge >= 0.3 is 11.9 Å². The van der Waals surface area contributed by atoms with Gasteiger partial charge in [-0.15, -0.1) is 0 Å². The number of amides is 6. The lowest BCUT2D eigenvalue weighted by Crippen LogP contribution is -2.59. The summed E-state index contributed by atoms with van der Waals surface area (Å²) >= 11 is 0. The van der Waals surface area contributed by atoms with Gasteiger partial charge in [-0.05, 0) is 43.4 Å². The number of aliphatic carboxylic acids is 1. The minimum atomic E-state index is -1.77. The molecule has 0 bridgehead atoms. The van der Waals surface area contributed by atoms with Crippen molar-refractivity contribution in [1.82, 2.24) is 42.5 Å². The monoisotopic (exact) mass is 946 g/mol. The van der Waals surface area contributed by atoms with Gasteiger partial charge in [0.25, 0.3) is 0 Å². The molecule has 2 aromatic carbocycles. The van der Waals surface area contributed by atoms with Crippen molar-refractivity contribution in [2.24, 2.45) is 11.5 Å². The number of benzene rings is 2.